The molecule has 0 radical (unpaired) electrons. The number of hydrogen-bond acceptors (Lipinski definition) is 3. The van der Waals surface area contributed by atoms with Gasteiger partial charge in [-0.05, 0) is 65.6 Å². The fourth-order valence-corrected chi connectivity index (χ4v) is 4.33. The summed E-state index contributed by atoms with van der Waals surface area (Å²) >= 11 is 2.12. The Morgan fingerprint density at radius 3 is 2.60 bits per heavy atom. The number of aliphatic carboxylic acids is 1. The number of sulfonamides is 1. The first kappa shape index (κ1) is 15.7. The van der Waals surface area contributed by atoms with Gasteiger partial charge in [0.1, 0.15) is 0 Å². The van der Waals surface area contributed by atoms with Crippen LogP contribution in [0.4, 0.5) is 0 Å². The molecule has 1 aromatic rings. The van der Waals surface area contributed by atoms with Crippen LogP contribution < -0.4 is 0 Å². The zero-order chi connectivity index (χ0) is 14.8. The summed E-state index contributed by atoms with van der Waals surface area (Å²) in [6.45, 7) is 0.755. The molecule has 7 heteroatoms. The summed E-state index contributed by atoms with van der Waals surface area (Å²) in [5.74, 6) is -0.969. The Kier molecular flexibility index (Phi) is 5.03. The summed E-state index contributed by atoms with van der Waals surface area (Å²) in [6, 6.07) is 6.70. The van der Waals surface area contributed by atoms with Gasteiger partial charge in [-0.2, -0.15) is 4.31 Å². The Morgan fingerprint density at radius 1 is 1.35 bits per heavy atom. The van der Waals surface area contributed by atoms with Crippen LogP contribution in [0.3, 0.4) is 0 Å². The van der Waals surface area contributed by atoms with Gasteiger partial charge in [-0.25, -0.2) is 8.42 Å². The molecule has 1 fully saturated rings. The van der Waals surface area contributed by atoms with Crippen LogP contribution in [0.1, 0.15) is 19.3 Å². The molecule has 0 aliphatic carbocycles. The maximum Gasteiger partial charge on any atom is 0.303 e. The molecule has 5 nitrogen and oxygen atoms in total. The monoisotopic (exact) mass is 409 g/mol. The predicted molar refractivity (Wildman–Crippen MR) is 82.9 cm³/mol. The summed E-state index contributed by atoms with van der Waals surface area (Å²) in [4.78, 5) is 11.0. The number of nitrogens with zero attached hydrogens (tertiary/aromatic N) is 1. The highest BCUT2D eigenvalue weighted by Gasteiger charge is 2.30. The van der Waals surface area contributed by atoms with Gasteiger partial charge in [0.25, 0.3) is 0 Å². The fraction of sp³-hybridized carbons (Fsp3) is 0.462. The minimum Gasteiger partial charge on any atom is -0.481 e. The summed E-state index contributed by atoms with van der Waals surface area (Å²) < 4.78 is 27.4. The van der Waals surface area contributed by atoms with Crippen molar-refractivity contribution in [3.05, 3.63) is 27.8 Å². The summed E-state index contributed by atoms with van der Waals surface area (Å²) in [5, 5.41) is 8.83. The highest BCUT2D eigenvalue weighted by Crippen LogP contribution is 2.25. The van der Waals surface area contributed by atoms with Crippen molar-refractivity contribution in [1.82, 2.24) is 4.31 Å². The van der Waals surface area contributed by atoms with E-state index < -0.39 is 16.0 Å². The van der Waals surface area contributed by atoms with E-state index in [4.69, 9.17) is 5.11 Å². The van der Waals surface area contributed by atoms with Gasteiger partial charge < -0.3 is 5.11 Å². The molecule has 1 N–H and O–H groups in total. The molecular formula is C13H16INO4S. The second kappa shape index (κ2) is 6.40. The van der Waals surface area contributed by atoms with Crippen LogP contribution in [0.5, 0.6) is 0 Å². The van der Waals surface area contributed by atoms with Crippen molar-refractivity contribution < 1.29 is 18.3 Å². The minimum absolute atomic E-state index is 0.0265. The van der Waals surface area contributed by atoms with Gasteiger partial charge in [-0.1, -0.05) is 0 Å². The van der Waals surface area contributed by atoms with E-state index in [2.05, 4.69) is 22.6 Å². The molecule has 110 valence electrons. The van der Waals surface area contributed by atoms with E-state index in [0.717, 1.165) is 9.99 Å². The molecule has 1 aliphatic rings. The van der Waals surface area contributed by atoms with Crippen LogP contribution in [0, 0.1) is 9.49 Å². The number of carboxylic acids is 1. The molecule has 0 saturated carbocycles. The molecule has 0 aromatic heterocycles. The third kappa shape index (κ3) is 3.70. The van der Waals surface area contributed by atoms with Crippen LogP contribution in [0.2, 0.25) is 0 Å². The zero-order valence-corrected chi connectivity index (χ0v) is 13.8. The van der Waals surface area contributed by atoms with E-state index in [9.17, 15) is 13.2 Å². The summed E-state index contributed by atoms with van der Waals surface area (Å²) in [6.07, 6.45) is 1.51. The van der Waals surface area contributed by atoms with Gasteiger partial charge in [-0.15, -0.1) is 0 Å². The van der Waals surface area contributed by atoms with Crippen molar-refractivity contribution in [2.75, 3.05) is 13.1 Å². The molecule has 1 unspecified atom stereocenters. The molecule has 1 aliphatic heterocycles. The molecule has 0 spiro atoms. The molecule has 2 rings (SSSR count). The number of rotatable bonds is 4. The first-order chi connectivity index (χ1) is 9.39. The first-order valence-corrected chi connectivity index (χ1v) is 8.89. The van der Waals surface area contributed by atoms with E-state index in [1.54, 1.807) is 24.3 Å². The quantitative estimate of drug-likeness (QED) is 0.774. The molecule has 1 atom stereocenters. The molecule has 0 bridgehead atoms. The molecule has 20 heavy (non-hydrogen) atoms. The van der Waals surface area contributed by atoms with Crippen molar-refractivity contribution >= 4 is 38.6 Å². The van der Waals surface area contributed by atoms with Gasteiger partial charge in [0.2, 0.25) is 10.0 Å². The van der Waals surface area contributed by atoms with Crippen LogP contribution in [0.25, 0.3) is 0 Å². The van der Waals surface area contributed by atoms with Gasteiger partial charge in [0.15, 0.2) is 0 Å². The Bertz CT molecular complexity index is 585. The highest BCUT2D eigenvalue weighted by molar-refractivity contribution is 14.1. The average molecular weight is 409 g/mol. The average Bonchev–Trinajstić information content (AvgIpc) is 2.39. The SMILES string of the molecule is O=C(O)CC1CCCN(S(=O)(=O)c2ccc(I)cc2)C1. The van der Waals surface area contributed by atoms with Crippen LogP contribution >= 0.6 is 22.6 Å². The normalized spacial score (nSPS) is 20.8. The van der Waals surface area contributed by atoms with E-state index in [1.807, 2.05) is 0 Å². The highest BCUT2D eigenvalue weighted by atomic mass is 127. The Balaban J connectivity index is 2.16. The molecule has 1 aromatic carbocycles. The third-order valence-electron chi connectivity index (χ3n) is 3.40. The number of halogens is 1. The topological polar surface area (TPSA) is 74.7 Å². The standard InChI is InChI=1S/C13H16INO4S/c14-11-3-5-12(6-4-11)20(18,19)15-7-1-2-10(9-15)8-13(16)17/h3-6,10H,1-2,7-9H2,(H,16,17). The van der Waals surface area contributed by atoms with E-state index >= 15 is 0 Å². The minimum atomic E-state index is -3.51. The molecular weight excluding hydrogens is 393 g/mol. The van der Waals surface area contributed by atoms with Gasteiger partial charge in [0, 0.05) is 23.1 Å². The largest absolute Gasteiger partial charge is 0.481 e. The number of carbonyl (C=O) groups is 1. The van der Waals surface area contributed by atoms with Crippen LogP contribution in [-0.4, -0.2) is 36.9 Å². The second-order valence-corrected chi connectivity index (χ2v) is 8.11. The lowest BCUT2D eigenvalue weighted by molar-refractivity contribution is -0.138. The Labute approximate surface area is 132 Å². The lowest BCUT2D eigenvalue weighted by Crippen LogP contribution is -2.40. The fourth-order valence-electron chi connectivity index (χ4n) is 2.41. The third-order valence-corrected chi connectivity index (χ3v) is 5.99. The number of piperidine rings is 1. The number of carboxylic acid groups (broad SMARTS) is 1. The lowest BCUT2D eigenvalue weighted by Gasteiger charge is -2.31. The van der Waals surface area contributed by atoms with E-state index in [0.29, 0.717) is 19.5 Å². The predicted octanol–water partition coefficient (Wildman–Crippen LogP) is 2.17. The smallest absolute Gasteiger partial charge is 0.303 e. The second-order valence-electron chi connectivity index (χ2n) is 4.92. The summed E-state index contributed by atoms with van der Waals surface area (Å²) in [7, 11) is -3.51. The maximum absolute atomic E-state index is 12.5. The van der Waals surface area contributed by atoms with Crippen LogP contribution in [0.15, 0.2) is 29.2 Å². The van der Waals surface area contributed by atoms with Crippen molar-refractivity contribution in [1.29, 1.82) is 0 Å². The number of hydrogen-bond donors (Lipinski definition) is 1. The van der Waals surface area contributed by atoms with Gasteiger partial charge >= 0.3 is 5.97 Å². The number of benzene rings is 1. The van der Waals surface area contributed by atoms with E-state index in [-0.39, 0.29) is 17.2 Å². The molecule has 1 saturated heterocycles. The zero-order valence-electron chi connectivity index (χ0n) is 10.8. The molecule has 1 heterocycles. The Morgan fingerprint density at radius 2 is 2.00 bits per heavy atom. The van der Waals surface area contributed by atoms with Crippen LogP contribution in [-0.2, 0) is 14.8 Å². The summed E-state index contributed by atoms with van der Waals surface area (Å²) in [5.41, 5.74) is 0. The van der Waals surface area contributed by atoms with Gasteiger partial charge in [-0.3, -0.25) is 4.79 Å². The first-order valence-electron chi connectivity index (χ1n) is 6.37. The van der Waals surface area contributed by atoms with Crippen molar-refractivity contribution in [2.45, 2.75) is 24.2 Å². The Hall–Kier alpha value is -0.670. The maximum atomic E-state index is 12.5. The molecule has 0 amide bonds. The van der Waals surface area contributed by atoms with Crippen molar-refractivity contribution in [2.24, 2.45) is 5.92 Å². The van der Waals surface area contributed by atoms with E-state index in [1.165, 1.54) is 4.31 Å². The van der Waals surface area contributed by atoms with Gasteiger partial charge in [0.05, 0.1) is 4.90 Å². The lowest BCUT2D eigenvalue weighted by atomic mass is 9.96. The van der Waals surface area contributed by atoms with Crippen molar-refractivity contribution in [3.63, 3.8) is 0 Å². The van der Waals surface area contributed by atoms with Crippen molar-refractivity contribution in [3.8, 4) is 0 Å².